The number of benzene rings is 1. The Kier molecular flexibility index (Phi) is 2.81. The lowest BCUT2D eigenvalue weighted by molar-refractivity contribution is 0.305. The molecule has 0 aromatic heterocycles. The van der Waals surface area contributed by atoms with Gasteiger partial charge in [0.1, 0.15) is 16.0 Å². The maximum atomic E-state index is 9.58. The average molecular weight is 282 g/mol. The highest BCUT2D eigenvalue weighted by molar-refractivity contribution is 9.10. The third-order valence-corrected chi connectivity index (χ3v) is 3.98. The first-order chi connectivity index (χ1) is 7.64. The van der Waals surface area contributed by atoms with Gasteiger partial charge in [0, 0.05) is 5.56 Å². The lowest BCUT2D eigenvalue weighted by Crippen LogP contribution is -2.32. The van der Waals surface area contributed by atoms with E-state index in [0.717, 1.165) is 24.8 Å². The van der Waals surface area contributed by atoms with E-state index in [1.807, 2.05) is 0 Å². The summed E-state index contributed by atoms with van der Waals surface area (Å²) in [6.07, 6.45) is 2.78. The molecule has 0 aliphatic heterocycles. The number of hydrogen-bond acceptors (Lipinski definition) is 3. The van der Waals surface area contributed by atoms with Gasteiger partial charge in [-0.15, -0.1) is 0 Å². The molecule has 0 amide bonds. The largest absolute Gasteiger partial charge is 0.507 e. The molecule has 1 aliphatic rings. The molecule has 0 spiro atoms. The van der Waals surface area contributed by atoms with Gasteiger partial charge in [0.2, 0.25) is 0 Å². The number of nitriles is 1. The monoisotopic (exact) mass is 281 g/mol. The predicted molar refractivity (Wildman–Crippen MR) is 63.5 cm³/mol. The lowest BCUT2D eigenvalue weighted by atomic mass is 9.65. The number of rotatable bonds is 2. The summed E-state index contributed by atoms with van der Waals surface area (Å²) in [6.45, 7) is 0. The first-order valence-electron chi connectivity index (χ1n) is 5.12. The van der Waals surface area contributed by atoms with Crippen molar-refractivity contribution in [2.75, 3.05) is 7.11 Å². The second-order valence-electron chi connectivity index (χ2n) is 4.03. The molecule has 0 atom stereocenters. The van der Waals surface area contributed by atoms with Gasteiger partial charge in [-0.3, -0.25) is 0 Å². The SMILES string of the molecule is COc1c(C2(C#N)CCC2)ccc(O)c1Br. The molecule has 1 aliphatic carbocycles. The van der Waals surface area contributed by atoms with Crippen molar-refractivity contribution in [2.24, 2.45) is 0 Å². The number of phenolic OH excluding ortho intramolecular Hbond substituents is 1. The molecule has 0 bridgehead atoms. The zero-order chi connectivity index (χ0) is 11.8. The first kappa shape index (κ1) is 11.3. The Morgan fingerprint density at radius 3 is 2.62 bits per heavy atom. The van der Waals surface area contributed by atoms with Crippen molar-refractivity contribution in [3.8, 4) is 17.6 Å². The molecule has 3 nitrogen and oxygen atoms in total. The molecule has 0 unspecified atom stereocenters. The molecule has 1 N–H and O–H groups in total. The average Bonchev–Trinajstić information content (AvgIpc) is 2.23. The number of hydrogen-bond donors (Lipinski definition) is 1. The molecular formula is C12H12BrNO2. The maximum Gasteiger partial charge on any atom is 0.141 e. The van der Waals surface area contributed by atoms with Gasteiger partial charge in [0.25, 0.3) is 0 Å². The summed E-state index contributed by atoms with van der Waals surface area (Å²) in [6, 6.07) is 5.75. The van der Waals surface area contributed by atoms with Crippen molar-refractivity contribution >= 4 is 15.9 Å². The fourth-order valence-corrected chi connectivity index (χ4v) is 2.60. The van der Waals surface area contributed by atoms with Crippen LogP contribution >= 0.6 is 15.9 Å². The Morgan fingerprint density at radius 1 is 1.50 bits per heavy atom. The fraction of sp³-hybridized carbons (Fsp3) is 0.417. The van der Waals surface area contributed by atoms with Gasteiger partial charge in [-0.1, -0.05) is 0 Å². The number of halogens is 1. The minimum Gasteiger partial charge on any atom is -0.507 e. The summed E-state index contributed by atoms with van der Waals surface area (Å²) in [5.74, 6) is 0.703. The molecule has 4 heteroatoms. The van der Waals surface area contributed by atoms with E-state index in [1.54, 1.807) is 19.2 Å². The molecule has 0 heterocycles. The smallest absolute Gasteiger partial charge is 0.141 e. The topological polar surface area (TPSA) is 53.2 Å². The number of phenols is 1. The molecule has 1 fully saturated rings. The van der Waals surface area contributed by atoms with E-state index in [-0.39, 0.29) is 5.75 Å². The summed E-state index contributed by atoms with van der Waals surface area (Å²) in [7, 11) is 1.55. The Balaban J connectivity index is 2.57. The Bertz CT molecular complexity index is 461. The summed E-state index contributed by atoms with van der Waals surface area (Å²) in [4.78, 5) is 0. The predicted octanol–water partition coefficient (Wildman–Crippen LogP) is 3.11. The van der Waals surface area contributed by atoms with E-state index in [9.17, 15) is 10.4 Å². The second kappa shape index (κ2) is 3.99. The molecule has 1 saturated carbocycles. The van der Waals surface area contributed by atoms with Gasteiger partial charge >= 0.3 is 0 Å². The van der Waals surface area contributed by atoms with Crippen LogP contribution in [0.5, 0.6) is 11.5 Å². The van der Waals surface area contributed by atoms with Gasteiger partial charge in [-0.25, -0.2) is 0 Å². The van der Waals surface area contributed by atoms with Gasteiger partial charge in [0.05, 0.1) is 18.6 Å². The van der Waals surface area contributed by atoms with Gasteiger partial charge in [-0.05, 0) is 47.3 Å². The Labute approximate surface area is 103 Å². The van der Waals surface area contributed by atoms with E-state index in [4.69, 9.17) is 4.74 Å². The van der Waals surface area contributed by atoms with Crippen molar-refractivity contribution in [3.05, 3.63) is 22.2 Å². The summed E-state index contributed by atoms with van der Waals surface area (Å²) in [5, 5.41) is 18.9. The van der Waals surface area contributed by atoms with Gasteiger partial charge in [-0.2, -0.15) is 5.26 Å². The van der Waals surface area contributed by atoms with Crippen molar-refractivity contribution < 1.29 is 9.84 Å². The molecule has 0 saturated heterocycles. The van der Waals surface area contributed by atoms with Crippen molar-refractivity contribution in [2.45, 2.75) is 24.7 Å². The number of aromatic hydroxyl groups is 1. The highest BCUT2D eigenvalue weighted by Gasteiger charge is 2.41. The maximum absolute atomic E-state index is 9.58. The number of methoxy groups -OCH3 is 1. The van der Waals surface area contributed by atoms with E-state index < -0.39 is 5.41 Å². The molecule has 1 aromatic carbocycles. The van der Waals surface area contributed by atoms with Crippen LogP contribution in [-0.2, 0) is 5.41 Å². The summed E-state index contributed by atoms with van der Waals surface area (Å²) >= 11 is 3.28. The van der Waals surface area contributed by atoms with Crippen LogP contribution in [0.1, 0.15) is 24.8 Å². The van der Waals surface area contributed by atoms with Crippen molar-refractivity contribution in [1.82, 2.24) is 0 Å². The normalized spacial score (nSPS) is 17.3. The van der Waals surface area contributed by atoms with Crippen molar-refractivity contribution in [1.29, 1.82) is 5.26 Å². The van der Waals surface area contributed by atoms with Crippen molar-refractivity contribution in [3.63, 3.8) is 0 Å². The van der Waals surface area contributed by atoms with Crippen LogP contribution in [0.2, 0.25) is 0 Å². The number of ether oxygens (including phenoxy) is 1. The highest BCUT2D eigenvalue weighted by Crippen LogP contribution is 2.50. The van der Waals surface area contributed by atoms with Crippen LogP contribution < -0.4 is 4.74 Å². The third kappa shape index (κ3) is 1.47. The Hall–Kier alpha value is -1.21. The standard InChI is InChI=1S/C12H12BrNO2/c1-16-11-8(3-4-9(15)10(11)13)12(7-14)5-2-6-12/h3-4,15H,2,5-6H2,1H3. The Morgan fingerprint density at radius 2 is 2.19 bits per heavy atom. The minimum absolute atomic E-state index is 0.132. The van der Waals surface area contributed by atoms with Crippen LogP contribution in [-0.4, -0.2) is 12.2 Å². The van der Waals surface area contributed by atoms with E-state index in [1.165, 1.54) is 0 Å². The third-order valence-electron chi connectivity index (χ3n) is 3.22. The molecule has 16 heavy (non-hydrogen) atoms. The van der Waals surface area contributed by atoms with Gasteiger partial charge < -0.3 is 9.84 Å². The van der Waals surface area contributed by atoms with Crippen LogP contribution in [0.3, 0.4) is 0 Å². The van der Waals surface area contributed by atoms with Crippen LogP contribution in [0, 0.1) is 11.3 Å². The zero-order valence-electron chi connectivity index (χ0n) is 8.96. The summed E-state index contributed by atoms with van der Waals surface area (Å²) < 4.78 is 5.80. The van der Waals surface area contributed by atoms with E-state index >= 15 is 0 Å². The molecular weight excluding hydrogens is 270 g/mol. The zero-order valence-corrected chi connectivity index (χ0v) is 10.5. The molecule has 84 valence electrons. The van der Waals surface area contributed by atoms with Crippen LogP contribution in [0.25, 0.3) is 0 Å². The lowest BCUT2D eigenvalue weighted by Gasteiger charge is -2.36. The molecule has 2 rings (SSSR count). The highest BCUT2D eigenvalue weighted by atomic mass is 79.9. The number of nitrogens with zero attached hydrogens (tertiary/aromatic N) is 1. The quantitative estimate of drug-likeness (QED) is 0.906. The first-order valence-corrected chi connectivity index (χ1v) is 5.91. The van der Waals surface area contributed by atoms with Crippen LogP contribution in [0.4, 0.5) is 0 Å². The second-order valence-corrected chi connectivity index (χ2v) is 4.82. The van der Waals surface area contributed by atoms with E-state index in [2.05, 4.69) is 22.0 Å². The molecule has 0 radical (unpaired) electrons. The fourth-order valence-electron chi connectivity index (χ4n) is 2.09. The summed E-state index contributed by atoms with van der Waals surface area (Å²) in [5.41, 5.74) is 0.440. The minimum atomic E-state index is -0.429. The van der Waals surface area contributed by atoms with Gasteiger partial charge in [0.15, 0.2) is 0 Å². The van der Waals surface area contributed by atoms with E-state index in [0.29, 0.717) is 10.2 Å². The van der Waals surface area contributed by atoms with Crippen LogP contribution in [0.15, 0.2) is 16.6 Å². The molecule has 1 aromatic rings.